The van der Waals surface area contributed by atoms with Gasteiger partial charge < -0.3 is 0 Å². The molecular weight excluding hydrogens is 196 g/mol. The molecule has 1 aromatic carbocycles. The zero-order valence-electron chi connectivity index (χ0n) is 8.17. The van der Waals surface area contributed by atoms with Crippen molar-refractivity contribution in [3.8, 4) is 11.3 Å². The molecule has 0 unspecified atom stereocenters. The molecule has 0 saturated carbocycles. The first-order valence-corrected chi connectivity index (χ1v) is 4.56. The average Bonchev–Trinajstić information content (AvgIpc) is 2.23. The molecule has 0 spiro atoms. The summed E-state index contributed by atoms with van der Waals surface area (Å²) in [5.74, 6) is -0.730. The number of aromatic nitrogens is 1. The zero-order chi connectivity index (χ0) is 10.8. The summed E-state index contributed by atoms with van der Waals surface area (Å²) in [5.41, 5.74) is 1.11. The first-order chi connectivity index (χ1) is 7.18. The van der Waals surface area contributed by atoms with Crippen LogP contribution in [0, 0.1) is 18.6 Å². The Labute approximate surface area is 86.4 Å². The summed E-state index contributed by atoms with van der Waals surface area (Å²) in [6, 6.07) is 9.07. The van der Waals surface area contributed by atoms with Gasteiger partial charge in [0, 0.05) is 5.56 Å². The summed E-state index contributed by atoms with van der Waals surface area (Å²) >= 11 is 0. The molecule has 0 aliphatic rings. The van der Waals surface area contributed by atoms with Crippen LogP contribution in [0.2, 0.25) is 0 Å². The monoisotopic (exact) mass is 205 g/mol. The van der Waals surface area contributed by atoms with Crippen molar-refractivity contribution < 1.29 is 8.78 Å². The number of rotatable bonds is 1. The smallest absolute Gasteiger partial charge is 0.144 e. The Balaban J connectivity index is 2.55. The number of hydrogen-bond acceptors (Lipinski definition) is 1. The average molecular weight is 205 g/mol. The fraction of sp³-hybridized carbons (Fsp3) is 0.0833. The number of nitrogens with zero attached hydrogens (tertiary/aromatic N) is 1. The van der Waals surface area contributed by atoms with Crippen LogP contribution in [0.25, 0.3) is 11.3 Å². The van der Waals surface area contributed by atoms with E-state index >= 15 is 0 Å². The molecule has 76 valence electrons. The quantitative estimate of drug-likeness (QED) is 0.695. The third-order valence-corrected chi connectivity index (χ3v) is 2.17. The van der Waals surface area contributed by atoms with E-state index in [0.717, 1.165) is 0 Å². The summed E-state index contributed by atoms with van der Waals surface area (Å²) in [7, 11) is 0. The molecule has 0 atom stereocenters. The molecule has 0 fully saturated rings. The van der Waals surface area contributed by atoms with Gasteiger partial charge in [-0.2, -0.15) is 0 Å². The van der Waals surface area contributed by atoms with Gasteiger partial charge >= 0.3 is 0 Å². The second-order valence-corrected chi connectivity index (χ2v) is 3.24. The summed E-state index contributed by atoms with van der Waals surface area (Å²) < 4.78 is 26.3. The van der Waals surface area contributed by atoms with Crippen molar-refractivity contribution in [3.63, 3.8) is 0 Å². The highest BCUT2D eigenvalue weighted by molar-refractivity contribution is 5.59. The molecule has 0 amide bonds. The van der Waals surface area contributed by atoms with Crippen molar-refractivity contribution >= 4 is 0 Å². The molecule has 1 aromatic heterocycles. The van der Waals surface area contributed by atoms with E-state index < -0.39 is 0 Å². The molecule has 0 radical (unpaired) electrons. The van der Waals surface area contributed by atoms with Gasteiger partial charge in [-0.1, -0.05) is 12.1 Å². The van der Waals surface area contributed by atoms with Crippen molar-refractivity contribution in [2.45, 2.75) is 6.92 Å². The number of hydrogen-bond donors (Lipinski definition) is 0. The first-order valence-electron chi connectivity index (χ1n) is 4.56. The Morgan fingerprint density at radius 2 is 1.67 bits per heavy atom. The second kappa shape index (κ2) is 3.77. The Bertz CT molecular complexity index is 495. The van der Waals surface area contributed by atoms with Crippen LogP contribution in [-0.2, 0) is 0 Å². The third-order valence-electron chi connectivity index (χ3n) is 2.17. The molecule has 2 rings (SSSR count). The fourth-order valence-corrected chi connectivity index (χ4v) is 1.36. The van der Waals surface area contributed by atoms with Crippen LogP contribution in [0.5, 0.6) is 0 Å². The highest BCUT2D eigenvalue weighted by Gasteiger charge is 2.07. The van der Waals surface area contributed by atoms with Crippen LogP contribution in [0.15, 0.2) is 36.4 Å². The molecule has 0 saturated heterocycles. The Hall–Kier alpha value is -1.77. The van der Waals surface area contributed by atoms with Crippen LogP contribution in [0.1, 0.15) is 5.69 Å². The number of halogens is 2. The molecule has 3 heteroatoms. The highest BCUT2D eigenvalue weighted by Crippen LogP contribution is 2.21. The minimum atomic E-state index is -0.380. The van der Waals surface area contributed by atoms with E-state index in [1.54, 1.807) is 25.1 Å². The van der Waals surface area contributed by atoms with E-state index in [4.69, 9.17) is 0 Å². The molecule has 2 aromatic rings. The minimum Gasteiger partial charge on any atom is -0.250 e. The summed E-state index contributed by atoms with van der Waals surface area (Å²) in [6.07, 6.45) is 0. The fourth-order valence-electron chi connectivity index (χ4n) is 1.36. The predicted octanol–water partition coefficient (Wildman–Crippen LogP) is 3.34. The van der Waals surface area contributed by atoms with Crippen LogP contribution < -0.4 is 0 Å². The SMILES string of the molecule is Cc1nc(-c2ccccc2F)ccc1F. The van der Waals surface area contributed by atoms with Crippen molar-refractivity contribution in [1.82, 2.24) is 4.98 Å². The maximum Gasteiger partial charge on any atom is 0.144 e. The van der Waals surface area contributed by atoms with Crippen molar-refractivity contribution in [2.24, 2.45) is 0 Å². The standard InChI is InChI=1S/C12H9F2N/c1-8-10(13)6-7-12(15-8)9-4-2-3-5-11(9)14/h2-7H,1H3. The van der Waals surface area contributed by atoms with Gasteiger partial charge in [0.05, 0.1) is 11.4 Å². The van der Waals surface area contributed by atoms with Crippen LogP contribution in [0.3, 0.4) is 0 Å². The molecule has 1 heterocycles. The lowest BCUT2D eigenvalue weighted by Crippen LogP contribution is -1.92. The van der Waals surface area contributed by atoms with E-state index in [1.165, 1.54) is 18.2 Å². The molecule has 0 N–H and O–H groups in total. The Morgan fingerprint density at radius 1 is 0.933 bits per heavy atom. The van der Waals surface area contributed by atoms with Gasteiger partial charge in [-0.25, -0.2) is 13.8 Å². The van der Waals surface area contributed by atoms with E-state index in [0.29, 0.717) is 11.3 Å². The van der Waals surface area contributed by atoms with Gasteiger partial charge in [-0.05, 0) is 31.2 Å². The van der Waals surface area contributed by atoms with Crippen LogP contribution in [-0.4, -0.2) is 4.98 Å². The third kappa shape index (κ3) is 1.86. The molecular formula is C12H9F2N. The normalized spacial score (nSPS) is 10.3. The molecule has 15 heavy (non-hydrogen) atoms. The molecule has 0 aliphatic carbocycles. The van der Waals surface area contributed by atoms with Crippen molar-refractivity contribution in [3.05, 3.63) is 53.7 Å². The lowest BCUT2D eigenvalue weighted by molar-refractivity contribution is 0.608. The predicted molar refractivity (Wildman–Crippen MR) is 54.3 cm³/mol. The van der Waals surface area contributed by atoms with E-state index in [9.17, 15) is 8.78 Å². The van der Waals surface area contributed by atoms with Gasteiger partial charge in [-0.3, -0.25) is 0 Å². The summed E-state index contributed by atoms with van der Waals surface area (Å²) in [6.45, 7) is 1.56. The Kier molecular flexibility index (Phi) is 2.46. The first kappa shape index (κ1) is 9.77. The number of pyridine rings is 1. The maximum absolute atomic E-state index is 13.4. The number of aryl methyl sites for hydroxylation is 1. The van der Waals surface area contributed by atoms with E-state index in [1.807, 2.05) is 0 Å². The van der Waals surface area contributed by atoms with Gasteiger partial charge in [0.25, 0.3) is 0 Å². The van der Waals surface area contributed by atoms with Gasteiger partial charge in [-0.15, -0.1) is 0 Å². The van der Waals surface area contributed by atoms with Gasteiger partial charge in [0.1, 0.15) is 11.6 Å². The summed E-state index contributed by atoms with van der Waals surface area (Å²) in [4.78, 5) is 3.99. The van der Waals surface area contributed by atoms with Gasteiger partial charge in [0.2, 0.25) is 0 Å². The number of benzene rings is 1. The van der Waals surface area contributed by atoms with Crippen LogP contribution in [0.4, 0.5) is 8.78 Å². The Morgan fingerprint density at radius 3 is 2.33 bits per heavy atom. The van der Waals surface area contributed by atoms with Gasteiger partial charge in [0.15, 0.2) is 0 Å². The lowest BCUT2D eigenvalue weighted by atomic mass is 10.1. The zero-order valence-corrected chi connectivity index (χ0v) is 8.17. The lowest BCUT2D eigenvalue weighted by Gasteiger charge is -2.03. The minimum absolute atomic E-state index is 0.274. The van der Waals surface area contributed by atoms with E-state index in [2.05, 4.69) is 4.98 Å². The second-order valence-electron chi connectivity index (χ2n) is 3.24. The largest absolute Gasteiger partial charge is 0.250 e. The topological polar surface area (TPSA) is 12.9 Å². The van der Waals surface area contributed by atoms with Crippen molar-refractivity contribution in [1.29, 1.82) is 0 Å². The highest BCUT2D eigenvalue weighted by atomic mass is 19.1. The van der Waals surface area contributed by atoms with E-state index in [-0.39, 0.29) is 17.3 Å². The van der Waals surface area contributed by atoms with Crippen molar-refractivity contribution in [2.75, 3.05) is 0 Å². The summed E-state index contributed by atoms with van der Waals surface area (Å²) in [5, 5.41) is 0. The maximum atomic E-state index is 13.4. The molecule has 0 aliphatic heterocycles. The molecule has 1 nitrogen and oxygen atoms in total. The van der Waals surface area contributed by atoms with Crippen LogP contribution >= 0.6 is 0 Å². The molecule has 0 bridgehead atoms.